The van der Waals surface area contributed by atoms with Gasteiger partial charge in [-0.05, 0) is 17.9 Å². The zero-order chi connectivity index (χ0) is 13.4. The molecule has 0 bridgehead atoms. The molecule has 0 N–H and O–H groups in total. The van der Waals surface area contributed by atoms with Gasteiger partial charge in [-0.1, -0.05) is 65.8 Å². The Balaban J connectivity index is 1.56. The van der Waals surface area contributed by atoms with Crippen molar-refractivity contribution in [3.8, 4) is 11.4 Å². The molecule has 0 amide bonds. The second kappa shape index (κ2) is 4.60. The molecule has 4 rings (SSSR count). The molecule has 2 unspecified atom stereocenters. The van der Waals surface area contributed by atoms with Crippen molar-refractivity contribution in [1.82, 2.24) is 10.1 Å². The average molecular weight is 262 g/mol. The standard InChI is InChI=1S/C17H14N2O/c1-3-7-12(8-4-1)14-11-15(14)17-18-16(19-20-17)13-9-5-2-6-10-13/h1-10,14-15H,11H2. The van der Waals surface area contributed by atoms with Crippen LogP contribution in [0.4, 0.5) is 0 Å². The Hall–Kier alpha value is -2.42. The third-order valence-corrected chi connectivity index (χ3v) is 3.81. The SMILES string of the molecule is c1ccc(-c2noc(C3CC3c3ccccc3)n2)cc1. The summed E-state index contributed by atoms with van der Waals surface area (Å²) in [5.41, 5.74) is 2.36. The smallest absolute Gasteiger partial charge is 0.230 e. The van der Waals surface area contributed by atoms with Crippen LogP contribution >= 0.6 is 0 Å². The van der Waals surface area contributed by atoms with Crippen molar-refractivity contribution in [2.75, 3.05) is 0 Å². The molecule has 0 radical (unpaired) electrons. The number of hydrogen-bond acceptors (Lipinski definition) is 3. The molecular weight excluding hydrogens is 248 g/mol. The molecule has 98 valence electrons. The molecule has 0 spiro atoms. The van der Waals surface area contributed by atoms with Crippen LogP contribution in [0.2, 0.25) is 0 Å². The van der Waals surface area contributed by atoms with Crippen molar-refractivity contribution in [1.29, 1.82) is 0 Å². The maximum absolute atomic E-state index is 5.43. The third-order valence-electron chi connectivity index (χ3n) is 3.81. The van der Waals surface area contributed by atoms with E-state index in [1.807, 2.05) is 36.4 Å². The molecule has 1 heterocycles. The Bertz CT molecular complexity index is 706. The molecule has 1 fully saturated rings. The van der Waals surface area contributed by atoms with Crippen molar-refractivity contribution in [3.63, 3.8) is 0 Å². The second-order valence-electron chi connectivity index (χ2n) is 5.18. The van der Waals surface area contributed by atoms with Crippen molar-refractivity contribution < 1.29 is 4.52 Å². The molecule has 3 heteroatoms. The minimum atomic E-state index is 0.377. The summed E-state index contributed by atoms with van der Waals surface area (Å²) in [4.78, 5) is 4.54. The van der Waals surface area contributed by atoms with Crippen molar-refractivity contribution in [2.45, 2.75) is 18.3 Å². The van der Waals surface area contributed by atoms with Crippen LogP contribution in [0.3, 0.4) is 0 Å². The highest BCUT2D eigenvalue weighted by molar-refractivity contribution is 5.53. The first kappa shape index (κ1) is 11.4. The summed E-state index contributed by atoms with van der Waals surface area (Å²) in [6.45, 7) is 0. The van der Waals surface area contributed by atoms with Crippen molar-refractivity contribution in [2.24, 2.45) is 0 Å². The Kier molecular flexibility index (Phi) is 2.62. The minimum absolute atomic E-state index is 0.377. The fourth-order valence-electron chi connectivity index (χ4n) is 2.63. The largest absolute Gasteiger partial charge is 0.339 e. The fraction of sp³-hybridized carbons (Fsp3) is 0.176. The lowest BCUT2D eigenvalue weighted by Gasteiger charge is -1.96. The summed E-state index contributed by atoms with van der Waals surface area (Å²) in [7, 11) is 0. The van der Waals surface area contributed by atoms with Crippen molar-refractivity contribution in [3.05, 3.63) is 72.1 Å². The van der Waals surface area contributed by atoms with Gasteiger partial charge in [0, 0.05) is 11.5 Å². The van der Waals surface area contributed by atoms with Gasteiger partial charge in [0.1, 0.15) is 0 Å². The van der Waals surface area contributed by atoms with Crippen LogP contribution in [0.15, 0.2) is 65.2 Å². The van der Waals surface area contributed by atoms with E-state index < -0.39 is 0 Å². The molecule has 2 aromatic carbocycles. The normalized spacial score (nSPS) is 20.8. The number of nitrogens with zero attached hydrogens (tertiary/aromatic N) is 2. The van der Waals surface area contributed by atoms with E-state index in [9.17, 15) is 0 Å². The number of rotatable bonds is 3. The highest BCUT2D eigenvalue weighted by Crippen LogP contribution is 2.54. The van der Waals surface area contributed by atoms with Crippen LogP contribution in [-0.4, -0.2) is 10.1 Å². The van der Waals surface area contributed by atoms with Crippen LogP contribution in [0.1, 0.15) is 29.7 Å². The van der Waals surface area contributed by atoms with Gasteiger partial charge in [-0.15, -0.1) is 0 Å². The lowest BCUT2D eigenvalue weighted by Crippen LogP contribution is -1.85. The van der Waals surface area contributed by atoms with Crippen molar-refractivity contribution >= 4 is 0 Å². The molecule has 1 saturated carbocycles. The van der Waals surface area contributed by atoms with E-state index in [0.29, 0.717) is 17.7 Å². The summed E-state index contributed by atoms with van der Waals surface area (Å²) in [5, 5.41) is 4.09. The highest BCUT2D eigenvalue weighted by Gasteiger charge is 2.43. The third kappa shape index (κ3) is 2.01. The van der Waals surface area contributed by atoms with Crippen LogP contribution < -0.4 is 0 Å². The van der Waals surface area contributed by atoms with E-state index in [4.69, 9.17) is 4.52 Å². The van der Waals surface area contributed by atoms with E-state index in [1.165, 1.54) is 5.56 Å². The lowest BCUT2D eigenvalue weighted by molar-refractivity contribution is 0.378. The summed E-state index contributed by atoms with van der Waals surface area (Å²) in [5.74, 6) is 2.35. The lowest BCUT2D eigenvalue weighted by atomic mass is 10.1. The molecule has 1 aliphatic carbocycles. The Morgan fingerprint density at radius 1 is 0.850 bits per heavy atom. The van der Waals surface area contributed by atoms with Gasteiger partial charge in [0.25, 0.3) is 0 Å². The molecule has 2 atom stereocenters. The quantitative estimate of drug-likeness (QED) is 0.716. The number of aromatic nitrogens is 2. The van der Waals surface area contributed by atoms with Gasteiger partial charge < -0.3 is 4.52 Å². The van der Waals surface area contributed by atoms with Gasteiger partial charge in [-0.25, -0.2) is 0 Å². The van der Waals surface area contributed by atoms with Crippen LogP contribution in [0.25, 0.3) is 11.4 Å². The van der Waals surface area contributed by atoms with Gasteiger partial charge >= 0.3 is 0 Å². The molecule has 3 aromatic rings. The molecule has 3 nitrogen and oxygen atoms in total. The average Bonchev–Trinajstić information content (AvgIpc) is 3.18. The zero-order valence-corrected chi connectivity index (χ0v) is 10.9. The molecule has 0 saturated heterocycles. The predicted molar refractivity (Wildman–Crippen MR) is 76.3 cm³/mol. The van der Waals surface area contributed by atoms with Gasteiger partial charge in [-0.2, -0.15) is 4.98 Å². The maximum Gasteiger partial charge on any atom is 0.230 e. The van der Waals surface area contributed by atoms with Gasteiger partial charge in [0.15, 0.2) is 0 Å². The summed E-state index contributed by atoms with van der Waals surface area (Å²) in [6.07, 6.45) is 1.10. The minimum Gasteiger partial charge on any atom is -0.339 e. The first-order valence-corrected chi connectivity index (χ1v) is 6.86. The molecule has 20 heavy (non-hydrogen) atoms. The van der Waals surface area contributed by atoms with Crippen LogP contribution in [0.5, 0.6) is 0 Å². The Labute approximate surface area is 117 Å². The van der Waals surface area contributed by atoms with E-state index in [2.05, 4.69) is 34.4 Å². The van der Waals surface area contributed by atoms with Gasteiger partial charge in [0.2, 0.25) is 11.7 Å². The Morgan fingerprint density at radius 2 is 1.55 bits per heavy atom. The first-order valence-electron chi connectivity index (χ1n) is 6.86. The summed E-state index contributed by atoms with van der Waals surface area (Å²) >= 11 is 0. The highest BCUT2D eigenvalue weighted by atomic mass is 16.5. The number of benzene rings is 2. The molecule has 1 aromatic heterocycles. The summed E-state index contributed by atoms with van der Waals surface area (Å²) in [6, 6.07) is 20.5. The van der Waals surface area contributed by atoms with E-state index in [0.717, 1.165) is 17.9 Å². The maximum atomic E-state index is 5.43. The van der Waals surface area contributed by atoms with E-state index in [1.54, 1.807) is 0 Å². The van der Waals surface area contributed by atoms with Gasteiger partial charge in [0.05, 0.1) is 0 Å². The van der Waals surface area contributed by atoms with Gasteiger partial charge in [-0.3, -0.25) is 0 Å². The predicted octanol–water partition coefficient (Wildman–Crippen LogP) is 4.01. The van der Waals surface area contributed by atoms with Crippen LogP contribution in [0, 0.1) is 0 Å². The van der Waals surface area contributed by atoms with E-state index in [-0.39, 0.29) is 0 Å². The fourth-order valence-corrected chi connectivity index (χ4v) is 2.63. The first-order chi connectivity index (χ1) is 9.92. The summed E-state index contributed by atoms with van der Waals surface area (Å²) < 4.78 is 5.43. The second-order valence-corrected chi connectivity index (χ2v) is 5.18. The topological polar surface area (TPSA) is 38.9 Å². The molecule has 0 aliphatic heterocycles. The van der Waals surface area contributed by atoms with E-state index >= 15 is 0 Å². The Morgan fingerprint density at radius 3 is 2.30 bits per heavy atom. The zero-order valence-electron chi connectivity index (χ0n) is 10.9. The monoisotopic (exact) mass is 262 g/mol. The van der Waals surface area contributed by atoms with Crippen LogP contribution in [-0.2, 0) is 0 Å². The molecule has 1 aliphatic rings. The molecular formula is C17H14N2O. The number of hydrogen-bond donors (Lipinski definition) is 0.